The molecule has 12 nitrogen and oxygen atoms in total. The molecule has 0 saturated carbocycles. The molecular formula is C27H38N6O6. The van der Waals surface area contributed by atoms with E-state index in [9.17, 15) is 29.1 Å². The number of ketones is 3. The molecule has 2 aromatic rings. The van der Waals surface area contributed by atoms with E-state index >= 15 is 0 Å². The zero-order valence-electron chi connectivity index (χ0n) is 22.4. The summed E-state index contributed by atoms with van der Waals surface area (Å²) in [6.45, 7) is 2.33. The summed E-state index contributed by atoms with van der Waals surface area (Å²) in [6, 6.07) is 6.99. The number of carbonyl (C=O) groups is 5. The van der Waals surface area contributed by atoms with Crippen LogP contribution in [0.4, 0.5) is 0 Å². The van der Waals surface area contributed by atoms with Crippen molar-refractivity contribution in [3.8, 4) is 0 Å². The van der Waals surface area contributed by atoms with Crippen LogP contribution in [0.2, 0.25) is 0 Å². The minimum absolute atomic E-state index is 0.00860. The predicted octanol–water partition coefficient (Wildman–Crippen LogP) is -0.0187. The maximum atomic E-state index is 13.5. The molecule has 1 aromatic carbocycles. The van der Waals surface area contributed by atoms with Crippen LogP contribution in [-0.4, -0.2) is 74.5 Å². The van der Waals surface area contributed by atoms with Crippen molar-refractivity contribution in [2.45, 2.75) is 64.6 Å². The summed E-state index contributed by atoms with van der Waals surface area (Å²) in [6.07, 6.45) is 4.10. The number of nitrogens with two attached hydrogens (primary N) is 1. The maximum absolute atomic E-state index is 13.5. The molecule has 39 heavy (non-hydrogen) atoms. The second kappa shape index (κ2) is 16.2. The monoisotopic (exact) mass is 542 g/mol. The van der Waals surface area contributed by atoms with E-state index in [1.807, 2.05) is 37.3 Å². The number of amides is 2. The molecule has 0 aliphatic heterocycles. The molecule has 2 rings (SSSR count). The van der Waals surface area contributed by atoms with Crippen molar-refractivity contribution in [2.24, 2.45) is 17.6 Å². The van der Waals surface area contributed by atoms with Gasteiger partial charge in [-0.25, -0.2) is 0 Å². The molecule has 0 unspecified atom stereocenters. The van der Waals surface area contributed by atoms with E-state index in [0.717, 1.165) is 12.0 Å². The van der Waals surface area contributed by atoms with Gasteiger partial charge >= 0.3 is 0 Å². The van der Waals surface area contributed by atoms with Gasteiger partial charge in [0, 0.05) is 25.0 Å². The van der Waals surface area contributed by atoms with Crippen LogP contribution in [-0.2, 0) is 36.9 Å². The zero-order valence-corrected chi connectivity index (χ0v) is 22.4. The molecule has 0 aliphatic carbocycles. The van der Waals surface area contributed by atoms with Crippen LogP contribution in [0.1, 0.15) is 45.1 Å². The lowest BCUT2D eigenvalue weighted by Gasteiger charge is -2.24. The molecule has 0 aliphatic rings. The van der Waals surface area contributed by atoms with Gasteiger partial charge in [-0.05, 0) is 25.3 Å². The quantitative estimate of drug-likeness (QED) is 0.201. The van der Waals surface area contributed by atoms with Crippen LogP contribution in [0.3, 0.4) is 0 Å². The highest BCUT2D eigenvalue weighted by molar-refractivity contribution is 5.95. The number of aliphatic hydroxyl groups excluding tert-OH is 1. The number of benzene rings is 1. The summed E-state index contributed by atoms with van der Waals surface area (Å²) in [5.74, 6) is -3.58. The number of nitrogens with one attached hydrogen (secondary N) is 2. The summed E-state index contributed by atoms with van der Waals surface area (Å²) in [5, 5.41) is 22.4. The summed E-state index contributed by atoms with van der Waals surface area (Å²) in [5.41, 5.74) is 6.11. The lowest BCUT2D eigenvalue weighted by Crippen LogP contribution is -2.49. The fraction of sp³-hybridized carbons (Fsp3) is 0.519. The summed E-state index contributed by atoms with van der Waals surface area (Å²) < 4.78 is 1.38. The van der Waals surface area contributed by atoms with Crippen molar-refractivity contribution < 1.29 is 29.1 Å². The fourth-order valence-electron chi connectivity index (χ4n) is 4.23. The van der Waals surface area contributed by atoms with E-state index < -0.39 is 48.1 Å². The highest BCUT2D eigenvalue weighted by Crippen LogP contribution is 2.17. The van der Waals surface area contributed by atoms with E-state index in [1.54, 1.807) is 0 Å². The van der Waals surface area contributed by atoms with Gasteiger partial charge < -0.3 is 21.5 Å². The molecule has 1 heterocycles. The Hall–Kier alpha value is -3.77. The van der Waals surface area contributed by atoms with Crippen molar-refractivity contribution in [2.75, 3.05) is 13.2 Å². The molecule has 4 atom stereocenters. The Morgan fingerprint density at radius 1 is 1.00 bits per heavy atom. The number of aliphatic hydroxyl groups is 1. The van der Waals surface area contributed by atoms with E-state index in [1.165, 1.54) is 24.0 Å². The number of Topliss-reactive ketones (excluding diaryl/α,β-unsaturated/α-hetero) is 3. The zero-order chi connectivity index (χ0) is 28.8. The minimum Gasteiger partial charge on any atom is -0.394 e. The molecule has 0 bridgehead atoms. The Labute approximate surface area is 227 Å². The van der Waals surface area contributed by atoms with Crippen LogP contribution in [0.15, 0.2) is 42.7 Å². The Morgan fingerprint density at radius 3 is 2.23 bits per heavy atom. The van der Waals surface area contributed by atoms with Gasteiger partial charge in [-0.15, -0.1) is 5.10 Å². The summed E-state index contributed by atoms with van der Waals surface area (Å²) in [4.78, 5) is 63.6. The van der Waals surface area contributed by atoms with Gasteiger partial charge in [-0.3, -0.25) is 28.7 Å². The molecule has 212 valence electrons. The van der Waals surface area contributed by atoms with Crippen LogP contribution < -0.4 is 16.4 Å². The van der Waals surface area contributed by atoms with Gasteiger partial charge in [-0.2, -0.15) is 0 Å². The van der Waals surface area contributed by atoms with Crippen molar-refractivity contribution in [1.29, 1.82) is 0 Å². The topological polar surface area (TPSA) is 186 Å². The van der Waals surface area contributed by atoms with Crippen LogP contribution >= 0.6 is 0 Å². The van der Waals surface area contributed by atoms with Gasteiger partial charge in [0.1, 0.15) is 11.8 Å². The first kappa shape index (κ1) is 31.4. The molecule has 0 radical (unpaired) electrons. The number of aromatic nitrogens is 3. The van der Waals surface area contributed by atoms with Crippen LogP contribution in [0.5, 0.6) is 0 Å². The van der Waals surface area contributed by atoms with E-state index in [0.29, 0.717) is 6.42 Å². The van der Waals surface area contributed by atoms with Crippen molar-refractivity contribution in [1.82, 2.24) is 25.6 Å². The Kier molecular flexibility index (Phi) is 13.1. The molecule has 0 spiro atoms. The molecule has 12 heteroatoms. The van der Waals surface area contributed by atoms with Crippen molar-refractivity contribution >= 4 is 29.2 Å². The third kappa shape index (κ3) is 10.5. The van der Waals surface area contributed by atoms with Gasteiger partial charge in [0.05, 0.1) is 37.9 Å². The Balaban J connectivity index is 2.28. The minimum atomic E-state index is -1.24. The average molecular weight is 543 g/mol. The maximum Gasteiger partial charge on any atom is 0.234 e. The molecule has 0 fully saturated rings. The molecule has 0 saturated heterocycles. The highest BCUT2D eigenvalue weighted by Gasteiger charge is 2.31. The highest BCUT2D eigenvalue weighted by atomic mass is 16.3. The van der Waals surface area contributed by atoms with Gasteiger partial charge in [0.25, 0.3) is 0 Å². The van der Waals surface area contributed by atoms with Gasteiger partial charge in [-0.1, -0.05) is 48.9 Å². The molecule has 1 aromatic heterocycles. The smallest absolute Gasteiger partial charge is 0.234 e. The lowest BCUT2D eigenvalue weighted by molar-refractivity contribution is -0.135. The first-order valence-electron chi connectivity index (χ1n) is 13.0. The average Bonchev–Trinajstić information content (AvgIpc) is 3.44. The van der Waals surface area contributed by atoms with Crippen LogP contribution in [0.25, 0.3) is 0 Å². The molecule has 5 N–H and O–H groups in total. The Morgan fingerprint density at radius 2 is 1.67 bits per heavy atom. The van der Waals surface area contributed by atoms with Gasteiger partial charge in [0.15, 0.2) is 11.6 Å². The van der Waals surface area contributed by atoms with Crippen molar-refractivity contribution in [3.63, 3.8) is 0 Å². The molecular weight excluding hydrogens is 504 g/mol. The van der Waals surface area contributed by atoms with E-state index in [-0.39, 0.29) is 43.9 Å². The standard InChI is InChI=1S/C27H38N6O6/c1-3-7-20(18(2)35)13-24(36)22(12-19-8-5-4-6-9-19)31-27(39)21(16-33-11-10-29-32-33)14-25(37)23(17-34)30-26(38)15-28/h4-6,8-11,20-23,34H,3,7,12-17,28H2,1-2H3,(H,30,38)(H,31,39)/t20-,21+,22+,23+/m1/s1. The summed E-state index contributed by atoms with van der Waals surface area (Å²) in [7, 11) is 0. The second-order valence-corrected chi connectivity index (χ2v) is 9.52. The number of nitrogens with zero attached hydrogens (tertiary/aromatic N) is 3. The number of rotatable bonds is 18. The first-order valence-corrected chi connectivity index (χ1v) is 13.0. The summed E-state index contributed by atoms with van der Waals surface area (Å²) >= 11 is 0. The fourth-order valence-corrected chi connectivity index (χ4v) is 4.23. The second-order valence-electron chi connectivity index (χ2n) is 9.52. The third-order valence-electron chi connectivity index (χ3n) is 6.44. The molecule has 2 amide bonds. The lowest BCUT2D eigenvalue weighted by atomic mass is 9.89. The van der Waals surface area contributed by atoms with E-state index in [4.69, 9.17) is 5.73 Å². The number of hydrogen-bond acceptors (Lipinski definition) is 9. The normalized spacial score (nSPS) is 14.1. The van der Waals surface area contributed by atoms with E-state index in [2.05, 4.69) is 20.9 Å². The van der Waals surface area contributed by atoms with Crippen molar-refractivity contribution in [3.05, 3.63) is 48.3 Å². The number of hydrogen-bond donors (Lipinski definition) is 4. The van der Waals surface area contributed by atoms with Crippen LogP contribution in [0, 0.1) is 11.8 Å². The SMILES string of the molecule is CCC[C@H](CC(=O)[C@H](Cc1ccccc1)NC(=O)[C@@H](CC(=O)[C@H](CO)NC(=O)CN)Cn1ccnn1)C(C)=O. The number of carbonyl (C=O) groups excluding carboxylic acids is 5. The third-order valence-corrected chi connectivity index (χ3v) is 6.44. The predicted molar refractivity (Wildman–Crippen MR) is 142 cm³/mol. The van der Waals surface area contributed by atoms with Gasteiger partial charge in [0.2, 0.25) is 11.8 Å². The Bertz CT molecular complexity index is 1090. The first-order chi connectivity index (χ1) is 18.7. The largest absolute Gasteiger partial charge is 0.394 e.